The van der Waals surface area contributed by atoms with E-state index in [0.717, 1.165) is 43.8 Å². The normalized spacial score (nSPS) is 18.6. The first-order valence-electron chi connectivity index (χ1n) is 11.4. The number of amides is 1. The van der Waals surface area contributed by atoms with Gasteiger partial charge in [-0.1, -0.05) is 13.8 Å². The predicted molar refractivity (Wildman–Crippen MR) is 130 cm³/mol. The van der Waals surface area contributed by atoms with Gasteiger partial charge in [0.05, 0.1) is 35.5 Å². The van der Waals surface area contributed by atoms with Gasteiger partial charge in [-0.15, -0.1) is 0 Å². The monoisotopic (exact) mass is 521 g/mol. The summed E-state index contributed by atoms with van der Waals surface area (Å²) >= 11 is 0.992. The van der Waals surface area contributed by atoms with Gasteiger partial charge in [-0.3, -0.25) is 4.79 Å². The number of hydrogen-bond acceptors (Lipinski definition) is 9. The Morgan fingerprint density at radius 2 is 2.03 bits per heavy atom. The van der Waals surface area contributed by atoms with Crippen LogP contribution in [0.25, 0.3) is 0 Å². The van der Waals surface area contributed by atoms with Crippen molar-refractivity contribution in [2.24, 2.45) is 5.92 Å². The molecule has 0 bridgehead atoms. The zero-order valence-electron chi connectivity index (χ0n) is 20.0. The second-order valence-electron chi connectivity index (χ2n) is 8.54. The van der Waals surface area contributed by atoms with Gasteiger partial charge < -0.3 is 20.3 Å². The van der Waals surface area contributed by atoms with Crippen molar-refractivity contribution >= 4 is 33.9 Å². The number of carbonyl (C=O) groups is 1. The van der Waals surface area contributed by atoms with Crippen LogP contribution in [0.3, 0.4) is 0 Å². The van der Waals surface area contributed by atoms with Crippen LogP contribution in [0.15, 0.2) is 30.7 Å². The lowest BCUT2D eigenvalue weighted by Gasteiger charge is -2.36. The summed E-state index contributed by atoms with van der Waals surface area (Å²) in [5.41, 5.74) is 0.0677. The molecular weight excluding hydrogens is 495 g/mol. The zero-order valence-corrected chi connectivity index (χ0v) is 20.8. The lowest BCUT2D eigenvalue weighted by molar-refractivity contribution is -0.141. The maximum absolute atomic E-state index is 13.0. The number of aromatic nitrogens is 4. The van der Waals surface area contributed by atoms with E-state index in [-0.39, 0.29) is 17.5 Å². The van der Waals surface area contributed by atoms with Crippen LogP contribution < -0.4 is 15.4 Å². The van der Waals surface area contributed by atoms with Crippen LogP contribution in [0, 0.1) is 12.8 Å². The summed E-state index contributed by atoms with van der Waals surface area (Å²) in [6.07, 6.45) is -0.477. The Kier molecular flexibility index (Phi) is 7.69. The van der Waals surface area contributed by atoms with Gasteiger partial charge >= 0.3 is 6.18 Å². The molecule has 1 aliphatic rings. The topological polar surface area (TPSA) is 105 Å². The molecule has 192 valence electrons. The third-order valence-corrected chi connectivity index (χ3v) is 6.75. The number of rotatable bonds is 7. The Balaban J connectivity index is 1.39. The molecule has 3 aromatic heterocycles. The molecule has 3 aromatic rings. The maximum Gasteiger partial charge on any atom is 0.434 e. The van der Waals surface area contributed by atoms with Gasteiger partial charge in [0.25, 0.3) is 5.91 Å². The fourth-order valence-electron chi connectivity index (χ4n) is 3.92. The molecule has 9 nitrogen and oxygen atoms in total. The SMILES string of the molecule is CCN1CCC(Oc2ccc(NC(=O)c3c(C)nsc3Nc3cnc(C(F)(F)F)cn3)cn2)C(C)C1. The maximum atomic E-state index is 13.0. The smallest absolute Gasteiger partial charge is 0.434 e. The number of piperidine rings is 1. The molecule has 1 amide bonds. The van der Waals surface area contributed by atoms with Crippen LogP contribution in [0.1, 0.15) is 42.0 Å². The van der Waals surface area contributed by atoms with Crippen molar-refractivity contribution in [3.63, 3.8) is 0 Å². The third kappa shape index (κ3) is 6.08. The van der Waals surface area contributed by atoms with E-state index in [1.165, 1.54) is 6.20 Å². The number of halogens is 3. The van der Waals surface area contributed by atoms with Gasteiger partial charge in [0.2, 0.25) is 5.88 Å². The van der Waals surface area contributed by atoms with Crippen LogP contribution in [-0.4, -0.2) is 55.9 Å². The van der Waals surface area contributed by atoms with Crippen LogP contribution in [0.2, 0.25) is 0 Å². The minimum atomic E-state index is -4.59. The van der Waals surface area contributed by atoms with Gasteiger partial charge in [0.1, 0.15) is 16.9 Å². The van der Waals surface area contributed by atoms with E-state index in [4.69, 9.17) is 4.74 Å². The Morgan fingerprint density at radius 1 is 1.22 bits per heavy atom. The number of carbonyl (C=O) groups excluding carboxylic acids is 1. The third-order valence-electron chi connectivity index (χ3n) is 5.90. The minimum absolute atomic E-state index is 0.0582. The molecule has 1 aliphatic heterocycles. The number of ether oxygens (including phenoxy) is 1. The lowest BCUT2D eigenvalue weighted by Crippen LogP contribution is -2.44. The first-order chi connectivity index (χ1) is 17.1. The van der Waals surface area contributed by atoms with Crippen molar-refractivity contribution in [3.8, 4) is 5.88 Å². The van der Waals surface area contributed by atoms with Crippen molar-refractivity contribution in [1.29, 1.82) is 0 Å². The molecule has 2 atom stereocenters. The van der Waals surface area contributed by atoms with E-state index in [2.05, 4.69) is 48.7 Å². The number of aryl methyl sites for hydroxylation is 1. The number of nitrogens with zero attached hydrogens (tertiary/aromatic N) is 5. The van der Waals surface area contributed by atoms with E-state index < -0.39 is 17.8 Å². The Morgan fingerprint density at radius 3 is 2.64 bits per heavy atom. The largest absolute Gasteiger partial charge is 0.474 e. The molecule has 13 heteroatoms. The summed E-state index contributed by atoms with van der Waals surface area (Å²) in [5, 5.41) is 5.92. The fraction of sp³-hybridized carbons (Fsp3) is 0.435. The van der Waals surface area contributed by atoms with Gasteiger partial charge in [0.15, 0.2) is 5.69 Å². The van der Waals surface area contributed by atoms with Crippen LogP contribution in [-0.2, 0) is 6.18 Å². The average Bonchev–Trinajstić information content (AvgIpc) is 3.21. The summed E-state index contributed by atoms with van der Waals surface area (Å²) in [7, 11) is 0. The second-order valence-corrected chi connectivity index (χ2v) is 9.31. The first kappa shape index (κ1) is 25.8. The zero-order chi connectivity index (χ0) is 25.9. The van der Waals surface area contributed by atoms with Gasteiger partial charge in [0, 0.05) is 25.1 Å². The highest BCUT2D eigenvalue weighted by atomic mass is 32.1. The standard InChI is InChI=1S/C23H26F3N7O2S/c1-4-33-8-7-16(13(2)12-33)35-19-6-5-15(9-29-19)30-21(34)20-14(3)32-36-22(20)31-18-11-27-17(10-28-18)23(24,25)26/h5-6,9-11,13,16H,4,7-8,12H2,1-3H3,(H,28,31)(H,30,34). The molecule has 4 rings (SSSR count). The van der Waals surface area contributed by atoms with Crippen LogP contribution in [0.5, 0.6) is 5.88 Å². The number of anilines is 3. The highest BCUT2D eigenvalue weighted by molar-refractivity contribution is 7.10. The highest BCUT2D eigenvalue weighted by Crippen LogP contribution is 2.30. The molecular formula is C23H26F3N7O2S. The molecule has 36 heavy (non-hydrogen) atoms. The minimum Gasteiger partial charge on any atom is -0.474 e. The Bertz CT molecular complexity index is 1190. The molecule has 2 N–H and O–H groups in total. The van der Waals surface area contributed by atoms with Gasteiger partial charge in [-0.05, 0) is 37.5 Å². The van der Waals surface area contributed by atoms with Crippen molar-refractivity contribution in [2.45, 2.75) is 39.5 Å². The van der Waals surface area contributed by atoms with Crippen LogP contribution in [0.4, 0.5) is 29.7 Å². The highest BCUT2D eigenvalue weighted by Gasteiger charge is 2.33. The molecule has 0 aliphatic carbocycles. The molecule has 0 radical (unpaired) electrons. The van der Waals surface area contributed by atoms with Crippen molar-refractivity contribution in [1.82, 2.24) is 24.2 Å². The van der Waals surface area contributed by atoms with Crippen molar-refractivity contribution < 1.29 is 22.7 Å². The molecule has 0 aromatic carbocycles. The van der Waals surface area contributed by atoms with Gasteiger partial charge in [-0.2, -0.15) is 17.5 Å². The summed E-state index contributed by atoms with van der Waals surface area (Å²) in [5.74, 6) is 0.489. The number of hydrogen-bond donors (Lipinski definition) is 2. The number of alkyl halides is 3. The lowest BCUT2D eigenvalue weighted by atomic mass is 9.96. The Hall–Kier alpha value is -3.32. The quantitative estimate of drug-likeness (QED) is 0.459. The summed E-state index contributed by atoms with van der Waals surface area (Å²) in [6.45, 7) is 8.98. The van der Waals surface area contributed by atoms with Gasteiger partial charge in [-0.25, -0.2) is 15.0 Å². The fourth-order valence-corrected chi connectivity index (χ4v) is 4.72. The number of nitrogens with one attached hydrogen (secondary N) is 2. The molecule has 0 spiro atoms. The summed E-state index contributed by atoms with van der Waals surface area (Å²) in [6, 6.07) is 3.42. The molecule has 1 fully saturated rings. The van der Waals surface area contributed by atoms with Crippen molar-refractivity contribution in [3.05, 3.63) is 47.7 Å². The number of pyridine rings is 1. The van der Waals surface area contributed by atoms with E-state index in [0.29, 0.717) is 34.4 Å². The van der Waals surface area contributed by atoms with E-state index in [9.17, 15) is 18.0 Å². The Labute approximate surface area is 210 Å². The summed E-state index contributed by atoms with van der Waals surface area (Å²) < 4.78 is 48.4. The molecule has 1 saturated heterocycles. The second kappa shape index (κ2) is 10.7. The predicted octanol–water partition coefficient (Wildman–Crippen LogP) is 4.76. The molecule has 0 saturated carbocycles. The summed E-state index contributed by atoms with van der Waals surface area (Å²) in [4.78, 5) is 26.8. The van der Waals surface area contributed by atoms with Crippen molar-refractivity contribution in [2.75, 3.05) is 30.3 Å². The van der Waals surface area contributed by atoms with E-state index >= 15 is 0 Å². The van der Waals surface area contributed by atoms with E-state index in [1.807, 2.05) is 0 Å². The molecule has 2 unspecified atom stereocenters. The number of likely N-dealkylation sites (tertiary alicyclic amines) is 1. The van der Waals surface area contributed by atoms with Crippen LogP contribution >= 0.6 is 11.5 Å². The first-order valence-corrected chi connectivity index (χ1v) is 12.2. The van der Waals surface area contributed by atoms with E-state index in [1.54, 1.807) is 19.1 Å². The average molecular weight is 522 g/mol. The molecule has 4 heterocycles.